The molecule has 3 nitrogen and oxygen atoms in total. The van der Waals surface area contributed by atoms with E-state index in [1.54, 1.807) is 0 Å². The van der Waals surface area contributed by atoms with Crippen LogP contribution in [0.5, 0.6) is 0 Å². The monoisotopic (exact) mass is 184 g/mol. The van der Waals surface area contributed by atoms with E-state index in [0.717, 1.165) is 26.4 Å². The normalized spacial score (nSPS) is 41.1. The molecule has 2 saturated heterocycles. The van der Waals surface area contributed by atoms with Crippen LogP contribution in [0, 0.1) is 5.92 Å². The minimum atomic E-state index is 0.0490. The van der Waals surface area contributed by atoms with Crippen molar-refractivity contribution in [1.82, 2.24) is 10.2 Å². The summed E-state index contributed by atoms with van der Waals surface area (Å²) in [6, 6.07) is 0.571. The van der Waals surface area contributed by atoms with E-state index in [-0.39, 0.29) is 5.60 Å². The van der Waals surface area contributed by atoms with Crippen molar-refractivity contribution in [3.63, 3.8) is 0 Å². The largest absolute Gasteiger partial charge is 0.358 e. The minimum Gasteiger partial charge on any atom is -0.358 e. The van der Waals surface area contributed by atoms with Crippen molar-refractivity contribution in [3.05, 3.63) is 0 Å². The van der Waals surface area contributed by atoms with Crippen molar-refractivity contribution in [2.45, 2.75) is 32.4 Å². The first-order valence-corrected chi connectivity index (χ1v) is 5.23. The number of rotatable bonds is 1. The molecule has 0 bridgehead atoms. The smallest absolute Gasteiger partial charge is 0.100 e. The van der Waals surface area contributed by atoms with Crippen LogP contribution in [0.4, 0.5) is 0 Å². The fourth-order valence-electron chi connectivity index (χ4n) is 2.34. The van der Waals surface area contributed by atoms with Crippen molar-refractivity contribution in [2.75, 3.05) is 26.4 Å². The zero-order valence-corrected chi connectivity index (χ0v) is 8.84. The SMILES string of the molecule is CC(C)C1(C)OCN2CCNCC21. The number of ether oxygens (including phenoxy) is 1. The second-order valence-electron chi connectivity index (χ2n) is 4.64. The van der Waals surface area contributed by atoms with E-state index >= 15 is 0 Å². The Balaban J connectivity index is 2.14. The summed E-state index contributed by atoms with van der Waals surface area (Å²) >= 11 is 0. The minimum absolute atomic E-state index is 0.0490. The van der Waals surface area contributed by atoms with Gasteiger partial charge in [-0.25, -0.2) is 0 Å². The fraction of sp³-hybridized carbons (Fsp3) is 1.00. The van der Waals surface area contributed by atoms with Gasteiger partial charge in [0.2, 0.25) is 0 Å². The third-order valence-electron chi connectivity index (χ3n) is 3.70. The van der Waals surface area contributed by atoms with E-state index < -0.39 is 0 Å². The highest BCUT2D eigenvalue weighted by atomic mass is 16.5. The van der Waals surface area contributed by atoms with Crippen LogP contribution in [-0.2, 0) is 4.74 Å². The van der Waals surface area contributed by atoms with E-state index in [1.807, 2.05) is 0 Å². The van der Waals surface area contributed by atoms with Gasteiger partial charge in [0.05, 0.1) is 11.6 Å². The molecule has 1 N–H and O–H groups in total. The lowest BCUT2D eigenvalue weighted by Gasteiger charge is -2.39. The van der Waals surface area contributed by atoms with Crippen LogP contribution in [0.1, 0.15) is 20.8 Å². The Bertz CT molecular complexity index is 195. The summed E-state index contributed by atoms with van der Waals surface area (Å²) in [5.74, 6) is 0.586. The summed E-state index contributed by atoms with van der Waals surface area (Å²) in [6.45, 7) is 10.9. The highest BCUT2D eigenvalue weighted by Crippen LogP contribution is 2.34. The molecule has 0 saturated carbocycles. The quantitative estimate of drug-likeness (QED) is 0.648. The van der Waals surface area contributed by atoms with E-state index in [0.29, 0.717) is 12.0 Å². The van der Waals surface area contributed by atoms with Crippen molar-refractivity contribution < 1.29 is 4.74 Å². The van der Waals surface area contributed by atoms with Crippen molar-refractivity contribution in [2.24, 2.45) is 5.92 Å². The summed E-state index contributed by atoms with van der Waals surface area (Å²) in [6.07, 6.45) is 0. The van der Waals surface area contributed by atoms with E-state index in [4.69, 9.17) is 4.74 Å². The Morgan fingerprint density at radius 3 is 3.00 bits per heavy atom. The molecule has 2 aliphatic rings. The molecule has 2 rings (SSSR count). The molecule has 0 radical (unpaired) electrons. The van der Waals surface area contributed by atoms with Gasteiger partial charge < -0.3 is 10.1 Å². The fourth-order valence-corrected chi connectivity index (χ4v) is 2.34. The number of piperazine rings is 1. The second kappa shape index (κ2) is 3.23. The van der Waals surface area contributed by atoms with Gasteiger partial charge in [-0.05, 0) is 12.8 Å². The third-order valence-corrected chi connectivity index (χ3v) is 3.70. The molecular formula is C10H20N2O. The third kappa shape index (κ3) is 1.39. The number of hydrogen-bond donors (Lipinski definition) is 1. The topological polar surface area (TPSA) is 24.5 Å². The molecule has 13 heavy (non-hydrogen) atoms. The summed E-state index contributed by atoms with van der Waals surface area (Å²) in [7, 11) is 0. The highest BCUT2D eigenvalue weighted by molar-refractivity contribution is 5.00. The lowest BCUT2D eigenvalue weighted by Crippen LogP contribution is -2.56. The molecule has 0 aromatic heterocycles. The first-order chi connectivity index (χ1) is 6.14. The van der Waals surface area contributed by atoms with Crippen LogP contribution in [-0.4, -0.2) is 42.9 Å². The van der Waals surface area contributed by atoms with Crippen LogP contribution in [0.3, 0.4) is 0 Å². The predicted octanol–water partition coefficient (Wildman–Crippen LogP) is 0.663. The Hall–Kier alpha value is -0.120. The summed E-state index contributed by atoms with van der Waals surface area (Å²) in [5.41, 5.74) is 0.0490. The van der Waals surface area contributed by atoms with Crippen molar-refractivity contribution in [3.8, 4) is 0 Å². The van der Waals surface area contributed by atoms with Crippen molar-refractivity contribution in [1.29, 1.82) is 0 Å². The molecule has 0 aromatic carbocycles. The molecule has 0 amide bonds. The van der Waals surface area contributed by atoms with Crippen molar-refractivity contribution >= 4 is 0 Å². The lowest BCUT2D eigenvalue weighted by molar-refractivity contribution is -0.0261. The molecule has 2 atom stereocenters. The van der Waals surface area contributed by atoms with Crippen LogP contribution in [0.2, 0.25) is 0 Å². The van der Waals surface area contributed by atoms with Gasteiger partial charge in [0.1, 0.15) is 6.73 Å². The Kier molecular flexibility index (Phi) is 2.34. The first-order valence-electron chi connectivity index (χ1n) is 5.23. The maximum absolute atomic E-state index is 5.93. The zero-order chi connectivity index (χ0) is 9.47. The second-order valence-corrected chi connectivity index (χ2v) is 4.64. The van der Waals surface area contributed by atoms with E-state index in [9.17, 15) is 0 Å². The Labute approximate surface area is 80.4 Å². The van der Waals surface area contributed by atoms with Gasteiger partial charge in [-0.15, -0.1) is 0 Å². The molecule has 0 aromatic rings. The summed E-state index contributed by atoms with van der Waals surface area (Å²) in [5, 5.41) is 3.44. The van der Waals surface area contributed by atoms with E-state index in [1.165, 1.54) is 0 Å². The van der Waals surface area contributed by atoms with Gasteiger partial charge in [-0.1, -0.05) is 13.8 Å². The molecule has 2 heterocycles. The highest BCUT2D eigenvalue weighted by Gasteiger charge is 2.47. The Morgan fingerprint density at radius 1 is 1.54 bits per heavy atom. The lowest BCUT2D eigenvalue weighted by atomic mass is 9.84. The van der Waals surface area contributed by atoms with Crippen LogP contribution in [0.25, 0.3) is 0 Å². The van der Waals surface area contributed by atoms with E-state index in [2.05, 4.69) is 31.0 Å². The average molecular weight is 184 g/mol. The molecule has 76 valence electrons. The average Bonchev–Trinajstić information content (AvgIpc) is 2.47. The van der Waals surface area contributed by atoms with Gasteiger partial charge in [-0.2, -0.15) is 0 Å². The summed E-state index contributed by atoms with van der Waals surface area (Å²) < 4.78 is 5.93. The van der Waals surface area contributed by atoms with Gasteiger partial charge in [0.25, 0.3) is 0 Å². The first kappa shape index (κ1) is 9.44. The van der Waals surface area contributed by atoms with Crippen LogP contribution in [0.15, 0.2) is 0 Å². The molecular weight excluding hydrogens is 164 g/mol. The standard InChI is InChI=1S/C10H20N2O/c1-8(2)10(3)9-6-11-4-5-12(9)7-13-10/h8-9,11H,4-7H2,1-3H3. The van der Waals surface area contributed by atoms with Gasteiger partial charge in [-0.3, -0.25) is 4.90 Å². The molecule has 0 aliphatic carbocycles. The van der Waals surface area contributed by atoms with Crippen LogP contribution < -0.4 is 5.32 Å². The molecule has 2 fully saturated rings. The van der Waals surface area contributed by atoms with Crippen LogP contribution >= 0.6 is 0 Å². The Morgan fingerprint density at radius 2 is 2.31 bits per heavy atom. The number of nitrogens with zero attached hydrogens (tertiary/aromatic N) is 1. The summed E-state index contributed by atoms with van der Waals surface area (Å²) in [4.78, 5) is 2.45. The molecule has 3 heteroatoms. The molecule has 2 unspecified atom stereocenters. The zero-order valence-electron chi connectivity index (χ0n) is 8.84. The maximum atomic E-state index is 5.93. The maximum Gasteiger partial charge on any atom is 0.100 e. The number of nitrogens with one attached hydrogen (secondary N) is 1. The van der Waals surface area contributed by atoms with Gasteiger partial charge in [0, 0.05) is 19.6 Å². The van der Waals surface area contributed by atoms with Gasteiger partial charge >= 0.3 is 0 Å². The molecule has 2 aliphatic heterocycles. The predicted molar refractivity (Wildman–Crippen MR) is 52.6 cm³/mol. The van der Waals surface area contributed by atoms with Gasteiger partial charge in [0.15, 0.2) is 0 Å². The number of hydrogen-bond acceptors (Lipinski definition) is 3. The number of fused-ring (bicyclic) bond motifs is 1. The molecule has 0 spiro atoms.